The minimum absolute atomic E-state index is 0.0764. The highest BCUT2D eigenvalue weighted by Gasteiger charge is 2.16. The number of ether oxygens (including phenoxy) is 1. The predicted molar refractivity (Wildman–Crippen MR) is 72.0 cm³/mol. The zero-order chi connectivity index (χ0) is 13.8. The van der Waals surface area contributed by atoms with E-state index in [1.165, 1.54) is 24.4 Å². The molecule has 1 aromatic carbocycles. The number of aromatic nitrogens is 1. The average molecular weight is 280 g/mol. The molecule has 98 valence electrons. The van der Waals surface area contributed by atoms with Crippen LogP contribution in [0.1, 0.15) is 0 Å². The van der Waals surface area contributed by atoms with Crippen LogP contribution < -0.4 is 10.1 Å². The van der Waals surface area contributed by atoms with Gasteiger partial charge in [-0.3, -0.25) is 15.1 Å². The lowest BCUT2D eigenvalue weighted by atomic mass is 10.3. The fourth-order valence-corrected chi connectivity index (χ4v) is 1.62. The Balaban J connectivity index is 2.36. The number of rotatable bonds is 4. The van der Waals surface area contributed by atoms with Crippen LogP contribution in [-0.2, 0) is 0 Å². The van der Waals surface area contributed by atoms with Crippen molar-refractivity contribution >= 4 is 23.0 Å². The molecule has 0 aliphatic rings. The van der Waals surface area contributed by atoms with Crippen molar-refractivity contribution in [2.75, 3.05) is 12.4 Å². The monoisotopic (exact) mass is 279 g/mol. The van der Waals surface area contributed by atoms with Gasteiger partial charge in [0, 0.05) is 30.3 Å². The Morgan fingerprint density at radius 1 is 1.37 bits per heavy atom. The predicted octanol–water partition coefficient (Wildman–Crippen LogP) is 3.48. The molecule has 6 nitrogen and oxygen atoms in total. The fourth-order valence-electron chi connectivity index (χ4n) is 1.46. The molecule has 0 aliphatic heterocycles. The number of hydrogen-bond donors (Lipinski definition) is 1. The van der Waals surface area contributed by atoms with E-state index in [4.69, 9.17) is 16.3 Å². The molecule has 2 rings (SSSR count). The second-order valence-electron chi connectivity index (χ2n) is 3.63. The van der Waals surface area contributed by atoms with Crippen molar-refractivity contribution in [1.29, 1.82) is 0 Å². The number of halogens is 1. The second-order valence-corrected chi connectivity index (χ2v) is 4.07. The normalized spacial score (nSPS) is 10.0. The van der Waals surface area contributed by atoms with Crippen LogP contribution in [0.2, 0.25) is 5.02 Å². The van der Waals surface area contributed by atoms with Crippen molar-refractivity contribution in [1.82, 2.24) is 4.98 Å². The number of pyridine rings is 1. The van der Waals surface area contributed by atoms with Gasteiger partial charge >= 0.3 is 5.69 Å². The summed E-state index contributed by atoms with van der Waals surface area (Å²) < 4.78 is 5.47. The first-order chi connectivity index (χ1) is 9.10. The highest BCUT2D eigenvalue weighted by molar-refractivity contribution is 6.30. The van der Waals surface area contributed by atoms with E-state index < -0.39 is 4.92 Å². The van der Waals surface area contributed by atoms with Crippen LogP contribution in [0.3, 0.4) is 0 Å². The van der Waals surface area contributed by atoms with Gasteiger partial charge in [-0.1, -0.05) is 11.6 Å². The van der Waals surface area contributed by atoms with E-state index in [0.717, 1.165) is 5.69 Å². The van der Waals surface area contributed by atoms with E-state index in [0.29, 0.717) is 10.8 Å². The fraction of sp³-hybridized carbons (Fsp3) is 0.0833. The third-order valence-corrected chi connectivity index (χ3v) is 2.58. The first-order valence-electron chi connectivity index (χ1n) is 5.35. The highest BCUT2D eigenvalue weighted by atomic mass is 35.5. The van der Waals surface area contributed by atoms with Gasteiger partial charge in [0.15, 0.2) is 0 Å². The summed E-state index contributed by atoms with van der Waals surface area (Å²) in [5.74, 6) is 0.463. The van der Waals surface area contributed by atoms with Crippen molar-refractivity contribution in [3.63, 3.8) is 0 Å². The minimum Gasteiger partial charge on any atom is -0.448 e. The van der Waals surface area contributed by atoms with Crippen LogP contribution >= 0.6 is 11.6 Å². The minimum atomic E-state index is -0.527. The smallest absolute Gasteiger partial charge is 0.311 e. The quantitative estimate of drug-likeness (QED) is 0.685. The molecule has 0 fully saturated rings. The zero-order valence-electron chi connectivity index (χ0n) is 9.96. The first kappa shape index (κ1) is 13.1. The molecule has 2 aromatic rings. The van der Waals surface area contributed by atoms with Crippen LogP contribution in [0.4, 0.5) is 11.4 Å². The van der Waals surface area contributed by atoms with E-state index in [9.17, 15) is 10.1 Å². The third-order valence-electron chi connectivity index (χ3n) is 2.35. The van der Waals surface area contributed by atoms with Crippen LogP contribution in [0, 0.1) is 10.1 Å². The average Bonchev–Trinajstić information content (AvgIpc) is 2.38. The van der Waals surface area contributed by atoms with Crippen LogP contribution in [0.25, 0.3) is 0 Å². The largest absolute Gasteiger partial charge is 0.448 e. The molecule has 0 amide bonds. The van der Waals surface area contributed by atoms with E-state index in [-0.39, 0.29) is 11.4 Å². The number of hydrogen-bond acceptors (Lipinski definition) is 5. The Morgan fingerprint density at radius 2 is 2.16 bits per heavy atom. The number of benzene rings is 1. The lowest BCUT2D eigenvalue weighted by molar-refractivity contribution is -0.385. The molecule has 19 heavy (non-hydrogen) atoms. The molecule has 1 N–H and O–H groups in total. The van der Waals surface area contributed by atoms with E-state index >= 15 is 0 Å². The van der Waals surface area contributed by atoms with E-state index in [1.54, 1.807) is 19.3 Å². The molecule has 7 heteroatoms. The molecular weight excluding hydrogens is 270 g/mol. The molecule has 0 bridgehead atoms. The number of nitrogens with one attached hydrogen (secondary N) is 1. The summed E-state index contributed by atoms with van der Waals surface area (Å²) in [6.45, 7) is 0. The van der Waals surface area contributed by atoms with Gasteiger partial charge in [-0.15, -0.1) is 0 Å². The van der Waals surface area contributed by atoms with Crippen LogP contribution in [-0.4, -0.2) is 17.0 Å². The van der Waals surface area contributed by atoms with Gasteiger partial charge in [-0.05, 0) is 6.07 Å². The van der Waals surface area contributed by atoms with Gasteiger partial charge in [0.1, 0.15) is 5.75 Å². The first-order valence-corrected chi connectivity index (χ1v) is 5.72. The lowest BCUT2D eigenvalue weighted by Crippen LogP contribution is -1.95. The van der Waals surface area contributed by atoms with Crippen molar-refractivity contribution < 1.29 is 9.66 Å². The second kappa shape index (κ2) is 5.53. The maximum atomic E-state index is 10.9. The van der Waals surface area contributed by atoms with Crippen molar-refractivity contribution in [2.24, 2.45) is 0 Å². The van der Waals surface area contributed by atoms with Gasteiger partial charge in [0.2, 0.25) is 5.75 Å². The third kappa shape index (κ3) is 3.11. The summed E-state index contributed by atoms with van der Waals surface area (Å²) in [4.78, 5) is 14.3. The molecule has 0 aliphatic carbocycles. The molecule has 1 heterocycles. The Kier molecular flexibility index (Phi) is 3.82. The summed E-state index contributed by atoms with van der Waals surface area (Å²) in [7, 11) is 1.74. The molecule has 0 atom stereocenters. The topological polar surface area (TPSA) is 77.3 Å². The zero-order valence-corrected chi connectivity index (χ0v) is 10.7. The SMILES string of the molecule is CNc1cncc(Oc2cc(Cl)ccc2[N+](=O)[O-])c1. The number of anilines is 1. The maximum absolute atomic E-state index is 10.9. The highest BCUT2D eigenvalue weighted by Crippen LogP contribution is 2.33. The standard InChI is InChI=1S/C12H10ClN3O3/c1-14-9-5-10(7-15-6-9)19-12-4-8(13)2-3-11(12)16(17)18/h2-7,14H,1H3. The van der Waals surface area contributed by atoms with Crippen molar-refractivity contribution in [3.8, 4) is 11.5 Å². The van der Waals surface area contributed by atoms with Crippen LogP contribution in [0.5, 0.6) is 11.5 Å². The molecule has 0 radical (unpaired) electrons. The summed E-state index contributed by atoms with van der Waals surface area (Å²) in [6.07, 6.45) is 3.07. The Bertz CT molecular complexity index is 619. The summed E-state index contributed by atoms with van der Waals surface area (Å²) in [5, 5.41) is 14.2. The molecule has 0 saturated heterocycles. The van der Waals surface area contributed by atoms with Gasteiger partial charge < -0.3 is 10.1 Å². The molecule has 0 spiro atoms. The number of nitrogens with zero attached hydrogens (tertiary/aromatic N) is 2. The molecule has 1 aromatic heterocycles. The van der Waals surface area contributed by atoms with Crippen molar-refractivity contribution in [3.05, 3.63) is 51.8 Å². The van der Waals surface area contributed by atoms with Gasteiger partial charge in [0.25, 0.3) is 0 Å². The summed E-state index contributed by atoms with van der Waals surface area (Å²) >= 11 is 5.82. The van der Waals surface area contributed by atoms with E-state index in [1.807, 2.05) is 0 Å². The Labute approximate surface area is 114 Å². The maximum Gasteiger partial charge on any atom is 0.311 e. The van der Waals surface area contributed by atoms with Gasteiger partial charge in [0.05, 0.1) is 23.0 Å². The molecule has 0 saturated carbocycles. The Morgan fingerprint density at radius 3 is 2.84 bits per heavy atom. The van der Waals surface area contributed by atoms with Crippen molar-refractivity contribution in [2.45, 2.75) is 0 Å². The lowest BCUT2D eigenvalue weighted by Gasteiger charge is -2.07. The van der Waals surface area contributed by atoms with Gasteiger partial charge in [-0.25, -0.2) is 0 Å². The molecule has 0 unspecified atom stereocenters. The Hall–Kier alpha value is -2.34. The number of nitro groups is 1. The number of nitro benzene ring substituents is 1. The summed E-state index contributed by atoms with van der Waals surface area (Å²) in [6, 6.07) is 5.81. The van der Waals surface area contributed by atoms with Crippen LogP contribution in [0.15, 0.2) is 36.7 Å². The van der Waals surface area contributed by atoms with E-state index in [2.05, 4.69) is 10.3 Å². The van der Waals surface area contributed by atoms with Gasteiger partial charge in [-0.2, -0.15) is 0 Å². The molecular formula is C12H10ClN3O3. The summed E-state index contributed by atoms with van der Waals surface area (Å²) in [5.41, 5.74) is 0.585.